The molecule has 1 aromatic heterocycles. The smallest absolute Gasteiger partial charge is 0.230 e. The highest BCUT2D eigenvalue weighted by Gasteiger charge is 2.12. The Balaban J connectivity index is 0.00000109. The van der Waals surface area contributed by atoms with Gasteiger partial charge in [0.25, 0.3) is 0 Å². The molecule has 0 aliphatic rings. The summed E-state index contributed by atoms with van der Waals surface area (Å²) < 4.78 is 16.4. The molecule has 0 spiro atoms. The van der Waals surface area contributed by atoms with E-state index in [0.29, 0.717) is 44.7 Å². The van der Waals surface area contributed by atoms with Crippen LogP contribution in [0.15, 0.2) is 36.7 Å². The molecule has 3 aromatic rings. The van der Waals surface area contributed by atoms with Crippen molar-refractivity contribution in [1.82, 2.24) is 9.97 Å². The van der Waals surface area contributed by atoms with Gasteiger partial charge in [-0.3, -0.25) is 0 Å². The van der Waals surface area contributed by atoms with Crippen LogP contribution in [0.2, 0.25) is 5.02 Å². The Morgan fingerprint density at radius 2 is 1.64 bits per heavy atom. The lowest BCUT2D eigenvalue weighted by molar-refractivity contribution is 0.355. The number of anilines is 1. The molecule has 3 rings (SSSR count). The molecule has 0 bridgehead atoms. The van der Waals surface area contributed by atoms with Crippen molar-refractivity contribution in [1.29, 1.82) is 0 Å². The number of aromatic nitrogens is 2. The van der Waals surface area contributed by atoms with Gasteiger partial charge in [-0.1, -0.05) is 25.4 Å². The fourth-order valence-electron chi connectivity index (χ4n) is 2.12. The first-order valence-corrected chi connectivity index (χ1v) is 8.09. The van der Waals surface area contributed by atoms with Crippen LogP contribution in [0.25, 0.3) is 10.9 Å². The molecule has 2 aromatic carbocycles. The Morgan fingerprint density at radius 3 is 2.28 bits per heavy atom. The van der Waals surface area contributed by atoms with Crippen molar-refractivity contribution < 1.29 is 14.2 Å². The van der Waals surface area contributed by atoms with Crippen molar-refractivity contribution in [2.75, 3.05) is 20.0 Å². The second-order valence-electron chi connectivity index (χ2n) is 4.69. The number of nitrogen functional groups attached to an aromatic ring is 1. The molecule has 25 heavy (non-hydrogen) atoms. The van der Waals surface area contributed by atoms with Gasteiger partial charge in [0.2, 0.25) is 5.88 Å². The van der Waals surface area contributed by atoms with Gasteiger partial charge in [-0.25, -0.2) is 9.97 Å². The summed E-state index contributed by atoms with van der Waals surface area (Å²) in [5.74, 6) is 2.06. The molecule has 0 aliphatic carbocycles. The number of nitrogens with zero attached hydrogens (tertiary/aromatic N) is 2. The van der Waals surface area contributed by atoms with Crippen LogP contribution in [0.1, 0.15) is 13.8 Å². The topological polar surface area (TPSA) is 79.5 Å². The molecule has 0 fully saturated rings. The second-order valence-corrected chi connectivity index (χ2v) is 5.10. The van der Waals surface area contributed by atoms with Gasteiger partial charge >= 0.3 is 0 Å². The zero-order valence-corrected chi connectivity index (χ0v) is 15.3. The summed E-state index contributed by atoms with van der Waals surface area (Å²) in [6, 6.07) is 8.55. The lowest BCUT2D eigenvalue weighted by Gasteiger charge is -2.11. The predicted octanol–water partition coefficient (Wildman–Crippen LogP) is 4.70. The molecule has 0 saturated heterocycles. The minimum Gasteiger partial charge on any atom is -0.493 e. The van der Waals surface area contributed by atoms with Crippen molar-refractivity contribution >= 4 is 28.2 Å². The van der Waals surface area contributed by atoms with Crippen LogP contribution in [0.4, 0.5) is 5.69 Å². The standard InChI is InChI=1S/C16H14ClN3O3.C2H6/c1-21-14-6-10-13(7-15(14)22-2)19-8-20-16(10)23-9-3-4-12(18)11(17)5-9;1-2/h3-8H,18H2,1-2H3;1-2H3. The van der Waals surface area contributed by atoms with Gasteiger partial charge in [0.1, 0.15) is 12.1 Å². The third-order valence-electron chi connectivity index (χ3n) is 3.29. The summed E-state index contributed by atoms with van der Waals surface area (Å²) in [4.78, 5) is 8.41. The van der Waals surface area contributed by atoms with E-state index >= 15 is 0 Å². The first-order valence-electron chi connectivity index (χ1n) is 7.72. The largest absolute Gasteiger partial charge is 0.493 e. The van der Waals surface area contributed by atoms with E-state index in [4.69, 9.17) is 31.5 Å². The number of rotatable bonds is 4. The first kappa shape index (κ1) is 18.6. The third kappa shape index (κ3) is 4.03. The van der Waals surface area contributed by atoms with E-state index in [2.05, 4.69) is 9.97 Å². The summed E-state index contributed by atoms with van der Waals surface area (Å²) in [5, 5.41) is 1.11. The molecular weight excluding hydrogens is 342 g/mol. The average molecular weight is 362 g/mol. The fraction of sp³-hybridized carbons (Fsp3) is 0.222. The summed E-state index contributed by atoms with van der Waals surface area (Å²) in [6.45, 7) is 4.00. The van der Waals surface area contributed by atoms with E-state index in [-0.39, 0.29) is 0 Å². The quantitative estimate of drug-likeness (QED) is 0.678. The van der Waals surface area contributed by atoms with E-state index in [9.17, 15) is 0 Å². The van der Waals surface area contributed by atoms with Crippen LogP contribution in [0.3, 0.4) is 0 Å². The maximum absolute atomic E-state index is 6.01. The van der Waals surface area contributed by atoms with Crippen LogP contribution in [0.5, 0.6) is 23.1 Å². The van der Waals surface area contributed by atoms with Crippen LogP contribution in [-0.2, 0) is 0 Å². The minimum atomic E-state index is 0.386. The summed E-state index contributed by atoms with van der Waals surface area (Å²) in [7, 11) is 3.13. The molecule has 0 radical (unpaired) electrons. The molecule has 0 saturated carbocycles. The highest BCUT2D eigenvalue weighted by atomic mass is 35.5. The summed E-state index contributed by atoms with van der Waals surface area (Å²) in [6.07, 6.45) is 1.42. The number of hydrogen-bond donors (Lipinski definition) is 1. The SMILES string of the molecule is CC.COc1cc2ncnc(Oc3ccc(N)c(Cl)c3)c2cc1OC. The van der Waals surface area contributed by atoms with Crippen LogP contribution >= 0.6 is 11.6 Å². The van der Waals surface area contributed by atoms with E-state index in [1.807, 2.05) is 13.8 Å². The lowest BCUT2D eigenvalue weighted by Crippen LogP contribution is -1.95. The van der Waals surface area contributed by atoms with Crippen LogP contribution in [-0.4, -0.2) is 24.2 Å². The van der Waals surface area contributed by atoms with Gasteiger partial charge in [-0.05, 0) is 18.2 Å². The molecule has 6 nitrogen and oxygen atoms in total. The van der Waals surface area contributed by atoms with Gasteiger partial charge in [0.05, 0.1) is 35.8 Å². The van der Waals surface area contributed by atoms with Crippen molar-refractivity contribution in [3.05, 3.63) is 41.7 Å². The minimum absolute atomic E-state index is 0.386. The van der Waals surface area contributed by atoms with E-state index in [0.717, 1.165) is 0 Å². The number of methoxy groups -OCH3 is 2. The zero-order valence-electron chi connectivity index (χ0n) is 14.5. The van der Waals surface area contributed by atoms with E-state index < -0.39 is 0 Å². The number of benzene rings is 2. The molecule has 132 valence electrons. The molecule has 0 unspecified atom stereocenters. The Bertz CT molecular complexity index is 872. The molecule has 1 heterocycles. The van der Waals surface area contributed by atoms with Gasteiger partial charge < -0.3 is 19.9 Å². The lowest BCUT2D eigenvalue weighted by atomic mass is 10.2. The number of halogens is 1. The molecule has 2 N–H and O–H groups in total. The molecule has 0 aliphatic heterocycles. The average Bonchev–Trinajstić information content (AvgIpc) is 2.65. The number of nitrogens with two attached hydrogens (primary N) is 1. The molecule has 0 amide bonds. The number of fused-ring (bicyclic) bond motifs is 1. The van der Waals surface area contributed by atoms with Crippen LogP contribution in [0, 0.1) is 0 Å². The Hall–Kier alpha value is -2.73. The Labute approximate surface area is 151 Å². The zero-order chi connectivity index (χ0) is 18.4. The number of hydrogen-bond acceptors (Lipinski definition) is 6. The summed E-state index contributed by atoms with van der Waals surface area (Å²) in [5.41, 5.74) is 6.86. The van der Waals surface area contributed by atoms with Crippen LogP contribution < -0.4 is 19.9 Å². The molecule has 7 heteroatoms. The van der Waals surface area contributed by atoms with E-state index in [1.54, 1.807) is 44.6 Å². The fourth-order valence-corrected chi connectivity index (χ4v) is 2.29. The highest BCUT2D eigenvalue weighted by Crippen LogP contribution is 2.36. The van der Waals surface area contributed by atoms with E-state index in [1.165, 1.54) is 6.33 Å². The normalized spacial score (nSPS) is 9.96. The Morgan fingerprint density at radius 1 is 0.960 bits per heavy atom. The summed E-state index contributed by atoms with van der Waals surface area (Å²) >= 11 is 6.01. The van der Waals surface area contributed by atoms with Gasteiger partial charge in [0.15, 0.2) is 11.5 Å². The van der Waals surface area contributed by atoms with Gasteiger partial charge in [-0.15, -0.1) is 0 Å². The van der Waals surface area contributed by atoms with Crippen molar-refractivity contribution in [2.24, 2.45) is 0 Å². The molecular formula is C18H20ClN3O3. The monoisotopic (exact) mass is 361 g/mol. The first-order chi connectivity index (χ1) is 12.1. The third-order valence-corrected chi connectivity index (χ3v) is 3.62. The van der Waals surface area contributed by atoms with Crippen molar-refractivity contribution in [3.8, 4) is 23.1 Å². The molecule has 0 atom stereocenters. The maximum Gasteiger partial charge on any atom is 0.230 e. The Kier molecular flexibility index (Phi) is 6.25. The van der Waals surface area contributed by atoms with Crippen molar-refractivity contribution in [2.45, 2.75) is 13.8 Å². The van der Waals surface area contributed by atoms with Gasteiger partial charge in [0, 0.05) is 12.1 Å². The highest BCUT2D eigenvalue weighted by molar-refractivity contribution is 6.33. The number of ether oxygens (including phenoxy) is 3. The second kappa shape index (κ2) is 8.39. The predicted molar refractivity (Wildman–Crippen MR) is 99.9 cm³/mol. The van der Waals surface area contributed by atoms with Crippen molar-refractivity contribution in [3.63, 3.8) is 0 Å². The maximum atomic E-state index is 6.01. The van der Waals surface area contributed by atoms with Gasteiger partial charge in [-0.2, -0.15) is 0 Å².